The number of aromatic nitrogens is 7. The van der Waals surface area contributed by atoms with E-state index in [-0.39, 0.29) is 6.10 Å². The predicted molar refractivity (Wildman–Crippen MR) is 135 cm³/mol. The van der Waals surface area contributed by atoms with Crippen molar-refractivity contribution in [1.29, 1.82) is 0 Å². The van der Waals surface area contributed by atoms with Crippen molar-refractivity contribution in [3.05, 3.63) is 61.6 Å². The summed E-state index contributed by atoms with van der Waals surface area (Å²) in [4.78, 5) is 21.9. The van der Waals surface area contributed by atoms with Gasteiger partial charge in [-0.25, -0.2) is 9.97 Å². The lowest BCUT2D eigenvalue weighted by Crippen LogP contribution is -2.19. The number of rotatable bonds is 5. The first-order valence-corrected chi connectivity index (χ1v) is 12.2. The van der Waals surface area contributed by atoms with Crippen LogP contribution in [0.1, 0.15) is 32.1 Å². The normalized spacial score (nSPS) is 14.6. The van der Waals surface area contributed by atoms with Gasteiger partial charge in [-0.15, -0.1) is 0 Å². The molecule has 1 aliphatic carbocycles. The lowest BCUT2D eigenvalue weighted by Gasteiger charge is -2.22. The Morgan fingerprint density at radius 3 is 2.67 bits per heavy atom. The van der Waals surface area contributed by atoms with E-state index >= 15 is 0 Å². The van der Waals surface area contributed by atoms with Crippen LogP contribution in [0, 0.1) is 0 Å². The molecular formula is C27H23N7O2. The number of fused-ring (bicyclic) bond motifs is 2. The van der Waals surface area contributed by atoms with Gasteiger partial charge in [-0.3, -0.25) is 15.1 Å². The Kier molecular flexibility index (Phi) is 4.97. The fourth-order valence-corrected chi connectivity index (χ4v) is 4.90. The van der Waals surface area contributed by atoms with E-state index in [1.807, 2.05) is 30.5 Å². The summed E-state index contributed by atoms with van der Waals surface area (Å²) < 4.78 is 11.5. The highest BCUT2D eigenvalue weighted by Crippen LogP contribution is 2.32. The van der Waals surface area contributed by atoms with Crippen molar-refractivity contribution in [1.82, 2.24) is 35.1 Å². The molecule has 1 saturated carbocycles. The monoisotopic (exact) mass is 477 g/mol. The second-order valence-corrected chi connectivity index (χ2v) is 9.13. The molecule has 0 atom stereocenters. The molecule has 9 heteroatoms. The Bertz CT molecular complexity index is 1660. The fraction of sp³-hybridized carbons (Fsp3) is 0.222. The summed E-state index contributed by atoms with van der Waals surface area (Å²) in [6.07, 6.45) is 16.7. The second kappa shape index (κ2) is 8.60. The van der Waals surface area contributed by atoms with E-state index < -0.39 is 0 Å². The summed E-state index contributed by atoms with van der Waals surface area (Å²) in [5, 5.41) is 7.60. The minimum atomic E-state index is 0.265. The third-order valence-corrected chi connectivity index (χ3v) is 6.72. The van der Waals surface area contributed by atoms with Crippen LogP contribution in [0.5, 0.6) is 5.75 Å². The molecule has 0 spiro atoms. The molecule has 0 amide bonds. The number of imidazole rings is 1. The summed E-state index contributed by atoms with van der Waals surface area (Å²) in [5.41, 5.74) is 7.30. The topological polar surface area (TPSA) is 118 Å². The number of pyridine rings is 3. The molecule has 2 N–H and O–H groups in total. The number of furan rings is 1. The molecule has 36 heavy (non-hydrogen) atoms. The van der Waals surface area contributed by atoms with Crippen LogP contribution in [0.3, 0.4) is 0 Å². The van der Waals surface area contributed by atoms with Gasteiger partial charge in [0.2, 0.25) is 0 Å². The third-order valence-electron chi connectivity index (χ3n) is 6.72. The molecule has 0 aromatic carbocycles. The summed E-state index contributed by atoms with van der Waals surface area (Å²) in [7, 11) is 0. The highest BCUT2D eigenvalue weighted by molar-refractivity contribution is 5.95. The molecule has 9 nitrogen and oxygen atoms in total. The summed E-state index contributed by atoms with van der Waals surface area (Å²) in [6, 6.07) is 7.84. The molecule has 1 aliphatic rings. The summed E-state index contributed by atoms with van der Waals surface area (Å²) in [6.45, 7) is 0. The number of nitrogens with zero attached hydrogens (tertiary/aromatic N) is 5. The second-order valence-electron chi connectivity index (χ2n) is 9.13. The molecule has 7 rings (SSSR count). The zero-order valence-corrected chi connectivity index (χ0v) is 19.4. The van der Waals surface area contributed by atoms with Gasteiger partial charge in [0.1, 0.15) is 16.8 Å². The molecule has 1 fully saturated rings. The molecule has 0 aliphatic heterocycles. The third kappa shape index (κ3) is 3.69. The standard InChI is InChI=1S/C27H23N7O2/c1-2-4-18(5-3-1)36-19-10-17(11-28-12-19)21-6-7-22-25(30-21)26(34-33-22)27-31-23-14-29-13-20(24(23)32-27)16-8-9-35-15-16/h6-15,18H,1-5H2,(H,31,32)(H,33,34). The van der Waals surface area contributed by atoms with Crippen LogP contribution in [0.15, 0.2) is 66.0 Å². The maximum absolute atomic E-state index is 6.22. The Labute approximate surface area is 206 Å². The van der Waals surface area contributed by atoms with Gasteiger partial charge in [0.05, 0.1) is 47.8 Å². The Balaban J connectivity index is 1.26. The Morgan fingerprint density at radius 2 is 1.78 bits per heavy atom. The lowest BCUT2D eigenvalue weighted by atomic mass is 9.98. The Morgan fingerprint density at radius 1 is 0.861 bits per heavy atom. The highest BCUT2D eigenvalue weighted by atomic mass is 16.5. The van der Waals surface area contributed by atoms with Crippen molar-refractivity contribution in [3.63, 3.8) is 0 Å². The number of ether oxygens (including phenoxy) is 1. The lowest BCUT2D eigenvalue weighted by molar-refractivity contribution is 0.154. The van der Waals surface area contributed by atoms with E-state index in [1.165, 1.54) is 19.3 Å². The zero-order chi connectivity index (χ0) is 23.9. The number of aromatic amines is 2. The number of H-pyrrole nitrogens is 2. The van der Waals surface area contributed by atoms with E-state index in [2.05, 4.69) is 25.1 Å². The van der Waals surface area contributed by atoms with Gasteiger partial charge in [0.25, 0.3) is 0 Å². The first kappa shape index (κ1) is 20.8. The fourth-order valence-electron chi connectivity index (χ4n) is 4.90. The van der Waals surface area contributed by atoms with E-state index in [1.54, 1.807) is 31.1 Å². The number of hydrogen-bond acceptors (Lipinski definition) is 7. The molecule has 0 radical (unpaired) electrons. The van der Waals surface area contributed by atoms with Crippen LogP contribution in [0.25, 0.3) is 56.0 Å². The van der Waals surface area contributed by atoms with E-state index in [0.717, 1.165) is 63.0 Å². The molecule has 6 heterocycles. The average molecular weight is 478 g/mol. The maximum Gasteiger partial charge on any atom is 0.161 e. The number of nitrogens with one attached hydrogen (secondary N) is 2. The smallest absolute Gasteiger partial charge is 0.161 e. The van der Waals surface area contributed by atoms with Gasteiger partial charge in [-0.05, 0) is 49.9 Å². The molecule has 178 valence electrons. The van der Waals surface area contributed by atoms with Crippen molar-refractivity contribution in [2.75, 3.05) is 0 Å². The molecule has 0 saturated heterocycles. The molecule has 6 aromatic rings. The minimum absolute atomic E-state index is 0.265. The van der Waals surface area contributed by atoms with E-state index in [9.17, 15) is 0 Å². The van der Waals surface area contributed by atoms with E-state index in [0.29, 0.717) is 11.5 Å². The van der Waals surface area contributed by atoms with Crippen molar-refractivity contribution >= 4 is 22.1 Å². The SMILES string of the molecule is c1cc(-c2cncc3[nH]c(-c4n[nH]c5ccc(-c6cncc(OC7CCCCC7)c6)nc45)nc23)co1. The van der Waals surface area contributed by atoms with Crippen LogP contribution in [-0.4, -0.2) is 41.2 Å². The minimum Gasteiger partial charge on any atom is -0.489 e. The number of hydrogen-bond donors (Lipinski definition) is 2. The predicted octanol–water partition coefficient (Wildman–Crippen LogP) is 5.93. The van der Waals surface area contributed by atoms with Crippen molar-refractivity contribution in [2.24, 2.45) is 0 Å². The van der Waals surface area contributed by atoms with Gasteiger partial charge >= 0.3 is 0 Å². The van der Waals surface area contributed by atoms with E-state index in [4.69, 9.17) is 19.1 Å². The van der Waals surface area contributed by atoms with Gasteiger partial charge < -0.3 is 14.1 Å². The summed E-state index contributed by atoms with van der Waals surface area (Å²) in [5.74, 6) is 1.40. The molecular weight excluding hydrogens is 454 g/mol. The quantitative estimate of drug-likeness (QED) is 0.316. The van der Waals surface area contributed by atoms with Crippen molar-refractivity contribution in [2.45, 2.75) is 38.2 Å². The average Bonchev–Trinajstić information content (AvgIpc) is 3.68. The van der Waals surface area contributed by atoms with Gasteiger partial charge in [0, 0.05) is 29.1 Å². The largest absolute Gasteiger partial charge is 0.489 e. The first-order chi connectivity index (χ1) is 17.8. The molecule has 0 unspecified atom stereocenters. The summed E-state index contributed by atoms with van der Waals surface area (Å²) >= 11 is 0. The first-order valence-electron chi connectivity index (χ1n) is 12.2. The Hall–Kier alpha value is -4.53. The van der Waals surface area contributed by atoms with Crippen LogP contribution in [0.2, 0.25) is 0 Å². The molecule has 0 bridgehead atoms. The van der Waals surface area contributed by atoms with Crippen molar-refractivity contribution in [3.8, 4) is 39.7 Å². The van der Waals surface area contributed by atoms with Gasteiger partial charge in [-0.2, -0.15) is 5.10 Å². The van der Waals surface area contributed by atoms with Gasteiger partial charge in [0.15, 0.2) is 11.5 Å². The highest BCUT2D eigenvalue weighted by Gasteiger charge is 2.18. The van der Waals surface area contributed by atoms with Gasteiger partial charge in [-0.1, -0.05) is 6.42 Å². The van der Waals surface area contributed by atoms with Crippen molar-refractivity contribution < 1.29 is 9.15 Å². The van der Waals surface area contributed by atoms with Crippen LogP contribution >= 0.6 is 0 Å². The van der Waals surface area contributed by atoms with Crippen LogP contribution < -0.4 is 4.74 Å². The van der Waals surface area contributed by atoms with Crippen LogP contribution in [-0.2, 0) is 0 Å². The molecule has 6 aromatic heterocycles. The zero-order valence-electron chi connectivity index (χ0n) is 19.4. The maximum atomic E-state index is 6.22. The van der Waals surface area contributed by atoms with Crippen LogP contribution in [0.4, 0.5) is 0 Å².